The second-order valence-corrected chi connectivity index (χ2v) is 6.70. The summed E-state index contributed by atoms with van der Waals surface area (Å²) in [5.74, 6) is 1.27. The van der Waals surface area contributed by atoms with Crippen LogP contribution < -0.4 is 20.1 Å². The molecular weight excluding hydrogens is 352 g/mol. The number of aryl methyl sites for hydroxylation is 1. The van der Waals surface area contributed by atoms with Gasteiger partial charge in [-0.05, 0) is 36.8 Å². The van der Waals surface area contributed by atoms with Crippen molar-refractivity contribution in [2.24, 2.45) is 0 Å². The van der Waals surface area contributed by atoms with E-state index in [1.165, 1.54) is 0 Å². The Hall–Kier alpha value is -3.47. The maximum atomic E-state index is 13.1. The van der Waals surface area contributed by atoms with Gasteiger partial charge in [-0.2, -0.15) is 0 Å². The zero-order valence-corrected chi connectivity index (χ0v) is 15.6. The number of hydrogen-bond donors (Lipinski definition) is 2. The van der Waals surface area contributed by atoms with E-state index in [-0.39, 0.29) is 5.91 Å². The van der Waals surface area contributed by atoms with Crippen molar-refractivity contribution in [3.8, 4) is 11.5 Å². The van der Waals surface area contributed by atoms with Crippen LogP contribution >= 0.6 is 0 Å². The Labute approximate surface area is 164 Å². The molecule has 1 heterocycles. The van der Waals surface area contributed by atoms with Crippen LogP contribution in [0.4, 0.5) is 11.4 Å². The number of fused-ring (bicyclic) bond motifs is 1. The lowest BCUT2D eigenvalue weighted by Crippen LogP contribution is -2.27. The van der Waals surface area contributed by atoms with E-state index in [1.807, 2.05) is 79.7 Å². The smallest absolute Gasteiger partial charge is 0.251 e. The number of nitrogens with one attached hydrogen (secondary N) is 2. The van der Waals surface area contributed by atoms with Gasteiger partial charge in [-0.25, -0.2) is 0 Å². The highest BCUT2D eigenvalue weighted by Gasteiger charge is 2.22. The molecule has 3 aromatic carbocycles. The van der Waals surface area contributed by atoms with Crippen molar-refractivity contribution in [3.05, 3.63) is 83.9 Å². The molecule has 0 fully saturated rings. The number of hydrogen-bond acceptors (Lipinski definition) is 4. The van der Waals surface area contributed by atoms with Crippen LogP contribution in [0, 0.1) is 6.92 Å². The Morgan fingerprint density at radius 3 is 2.29 bits per heavy atom. The molecule has 1 aliphatic rings. The quantitative estimate of drug-likeness (QED) is 0.687. The van der Waals surface area contributed by atoms with Gasteiger partial charge in [0.15, 0.2) is 11.5 Å². The molecule has 0 bridgehead atoms. The molecule has 0 aliphatic carbocycles. The Kier molecular flexibility index (Phi) is 5.15. The third-order valence-corrected chi connectivity index (χ3v) is 4.57. The summed E-state index contributed by atoms with van der Waals surface area (Å²) in [5.41, 5.74) is 3.58. The first kappa shape index (κ1) is 17.9. The normalized spacial score (nSPS) is 13.5. The molecule has 0 saturated heterocycles. The van der Waals surface area contributed by atoms with Crippen LogP contribution in [-0.2, 0) is 4.79 Å². The molecule has 4 rings (SSSR count). The Morgan fingerprint density at radius 1 is 0.857 bits per heavy atom. The SMILES string of the molecule is Cc1ccc(NC(=O)[C@@H](Nc2ccc3c(c2)OCCO3)c2ccccc2)cc1. The molecule has 28 heavy (non-hydrogen) atoms. The van der Waals surface area contributed by atoms with Gasteiger partial charge in [-0.1, -0.05) is 48.0 Å². The van der Waals surface area contributed by atoms with Crippen LogP contribution in [0.15, 0.2) is 72.8 Å². The summed E-state index contributed by atoms with van der Waals surface area (Å²) in [7, 11) is 0. The molecule has 3 aromatic rings. The first-order chi connectivity index (χ1) is 13.7. The lowest BCUT2D eigenvalue weighted by atomic mass is 10.1. The molecule has 142 valence electrons. The second-order valence-electron chi connectivity index (χ2n) is 6.70. The molecule has 0 saturated carbocycles. The predicted molar refractivity (Wildman–Crippen MR) is 110 cm³/mol. The summed E-state index contributed by atoms with van der Waals surface area (Å²) in [4.78, 5) is 13.1. The summed E-state index contributed by atoms with van der Waals surface area (Å²) in [6, 6.07) is 22.5. The molecule has 5 heteroatoms. The number of anilines is 2. The van der Waals surface area contributed by atoms with Crippen LogP contribution in [0.2, 0.25) is 0 Å². The minimum atomic E-state index is -0.551. The average Bonchev–Trinajstić information content (AvgIpc) is 2.74. The number of rotatable bonds is 5. The zero-order chi connectivity index (χ0) is 19.3. The molecule has 0 radical (unpaired) electrons. The minimum Gasteiger partial charge on any atom is -0.486 e. The maximum Gasteiger partial charge on any atom is 0.251 e. The van der Waals surface area contributed by atoms with Gasteiger partial charge in [0.05, 0.1) is 0 Å². The molecule has 5 nitrogen and oxygen atoms in total. The van der Waals surface area contributed by atoms with Crippen molar-refractivity contribution in [2.75, 3.05) is 23.8 Å². The van der Waals surface area contributed by atoms with E-state index in [2.05, 4.69) is 10.6 Å². The summed E-state index contributed by atoms with van der Waals surface area (Å²) in [5, 5.41) is 6.32. The number of carbonyl (C=O) groups is 1. The molecule has 0 unspecified atom stereocenters. The van der Waals surface area contributed by atoms with E-state index >= 15 is 0 Å². The highest BCUT2D eigenvalue weighted by molar-refractivity contribution is 5.97. The van der Waals surface area contributed by atoms with E-state index < -0.39 is 6.04 Å². The fourth-order valence-electron chi connectivity index (χ4n) is 3.10. The summed E-state index contributed by atoms with van der Waals surface area (Å²) < 4.78 is 11.2. The van der Waals surface area contributed by atoms with Crippen LogP contribution in [0.3, 0.4) is 0 Å². The molecule has 1 atom stereocenters. The molecular formula is C23H22N2O3. The van der Waals surface area contributed by atoms with Crippen molar-refractivity contribution in [3.63, 3.8) is 0 Å². The summed E-state index contributed by atoms with van der Waals surface area (Å²) >= 11 is 0. The predicted octanol–water partition coefficient (Wildman–Crippen LogP) is 4.56. The van der Waals surface area contributed by atoms with Crippen molar-refractivity contribution in [1.29, 1.82) is 0 Å². The standard InChI is InChI=1S/C23H22N2O3/c1-16-7-9-18(10-8-16)25-23(26)22(17-5-3-2-4-6-17)24-19-11-12-20-21(15-19)28-14-13-27-20/h2-12,15,22,24H,13-14H2,1H3,(H,25,26)/t22-/m0/s1. The fraction of sp³-hybridized carbons (Fsp3) is 0.174. The molecule has 1 aliphatic heterocycles. The van der Waals surface area contributed by atoms with Gasteiger partial charge in [-0.3, -0.25) is 4.79 Å². The van der Waals surface area contributed by atoms with Gasteiger partial charge < -0.3 is 20.1 Å². The number of amides is 1. The van der Waals surface area contributed by atoms with Crippen LogP contribution in [0.25, 0.3) is 0 Å². The lowest BCUT2D eigenvalue weighted by molar-refractivity contribution is -0.117. The van der Waals surface area contributed by atoms with Gasteiger partial charge in [0.25, 0.3) is 5.91 Å². The summed E-state index contributed by atoms with van der Waals surface area (Å²) in [6.45, 7) is 3.08. The highest BCUT2D eigenvalue weighted by atomic mass is 16.6. The Balaban J connectivity index is 1.58. The highest BCUT2D eigenvalue weighted by Crippen LogP contribution is 2.34. The molecule has 2 N–H and O–H groups in total. The van der Waals surface area contributed by atoms with E-state index in [0.717, 1.165) is 28.3 Å². The molecule has 0 spiro atoms. The minimum absolute atomic E-state index is 0.134. The Morgan fingerprint density at radius 2 is 1.54 bits per heavy atom. The van der Waals surface area contributed by atoms with Crippen LogP contribution in [-0.4, -0.2) is 19.1 Å². The fourth-order valence-corrected chi connectivity index (χ4v) is 3.10. The third-order valence-electron chi connectivity index (χ3n) is 4.57. The van der Waals surface area contributed by atoms with Gasteiger partial charge in [0, 0.05) is 17.4 Å². The number of ether oxygens (including phenoxy) is 2. The van der Waals surface area contributed by atoms with Crippen LogP contribution in [0.1, 0.15) is 17.2 Å². The van der Waals surface area contributed by atoms with Gasteiger partial charge >= 0.3 is 0 Å². The lowest BCUT2D eigenvalue weighted by Gasteiger charge is -2.22. The summed E-state index contributed by atoms with van der Waals surface area (Å²) in [6.07, 6.45) is 0. The van der Waals surface area contributed by atoms with Crippen LogP contribution in [0.5, 0.6) is 11.5 Å². The van der Waals surface area contributed by atoms with Crippen molar-refractivity contribution in [2.45, 2.75) is 13.0 Å². The van der Waals surface area contributed by atoms with Crippen molar-refractivity contribution in [1.82, 2.24) is 0 Å². The van der Waals surface area contributed by atoms with E-state index in [9.17, 15) is 4.79 Å². The monoisotopic (exact) mass is 374 g/mol. The molecule has 0 aromatic heterocycles. The first-order valence-corrected chi connectivity index (χ1v) is 9.28. The largest absolute Gasteiger partial charge is 0.486 e. The molecule has 1 amide bonds. The second kappa shape index (κ2) is 8.05. The zero-order valence-electron chi connectivity index (χ0n) is 15.6. The Bertz CT molecular complexity index is 955. The third kappa shape index (κ3) is 4.09. The number of carbonyl (C=O) groups excluding carboxylic acids is 1. The number of benzene rings is 3. The van der Waals surface area contributed by atoms with Crippen molar-refractivity contribution >= 4 is 17.3 Å². The van der Waals surface area contributed by atoms with E-state index in [1.54, 1.807) is 0 Å². The van der Waals surface area contributed by atoms with E-state index in [4.69, 9.17) is 9.47 Å². The van der Waals surface area contributed by atoms with Gasteiger partial charge in [0.2, 0.25) is 0 Å². The van der Waals surface area contributed by atoms with E-state index in [0.29, 0.717) is 19.0 Å². The maximum absolute atomic E-state index is 13.1. The van der Waals surface area contributed by atoms with Gasteiger partial charge in [0.1, 0.15) is 19.3 Å². The topological polar surface area (TPSA) is 59.6 Å². The van der Waals surface area contributed by atoms with Gasteiger partial charge in [-0.15, -0.1) is 0 Å². The average molecular weight is 374 g/mol. The first-order valence-electron chi connectivity index (χ1n) is 9.28. The van der Waals surface area contributed by atoms with Crippen molar-refractivity contribution < 1.29 is 14.3 Å².